The molecule has 1 aromatic heterocycles. The van der Waals surface area contributed by atoms with Crippen molar-refractivity contribution in [1.29, 1.82) is 0 Å². The minimum atomic E-state index is -3.86. The monoisotopic (exact) mass is 416 g/mol. The van der Waals surface area contributed by atoms with Crippen LogP contribution in [0, 0.1) is 5.82 Å². The molecule has 1 unspecified atom stereocenters. The van der Waals surface area contributed by atoms with E-state index >= 15 is 0 Å². The summed E-state index contributed by atoms with van der Waals surface area (Å²) in [6.45, 7) is 1.11. The molecule has 27 heavy (non-hydrogen) atoms. The number of carbonyl (C=O) groups is 1. The van der Waals surface area contributed by atoms with Crippen molar-refractivity contribution in [3.63, 3.8) is 0 Å². The maximum absolute atomic E-state index is 13.3. The summed E-state index contributed by atoms with van der Waals surface area (Å²) in [4.78, 5) is 24.1. The largest absolute Gasteiger partial charge is 0.315 e. The molecule has 0 aliphatic heterocycles. The van der Waals surface area contributed by atoms with E-state index in [0.717, 1.165) is 6.26 Å². The highest BCUT2D eigenvalue weighted by Crippen LogP contribution is 2.25. The van der Waals surface area contributed by atoms with Crippen LogP contribution in [0.15, 0.2) is 41.3 Å². The zero-order valence-corrected chi connectivity index (χ0v) is 16.1. The van der Waals surface area contributed by atoms with Gasteiger partial charge in [0.05, 0.1) is 5.02 Å². The van der Waals surface area contributed by atoms with Crippen LogP contribution >= 0.6 is 11.6 Å². The highest BCUT2D eigenvalue weighted by atomic mass is 35.5. The molecule has 1 amide bonds. The maximum Gasteiger partial charge on any atom is 0.264 e. The van der Waals surface area contributed by atoms with E-state index in [1.165, 1.54) is 47.4 Å². The van der Waals surface area contributed by atoms with E-state index in [9.17, 15) is 22.4 Å². The molecule has 0 fully saturated rings. The van der Waals surface area contributed by atoms with Gasteiger partial charge in [-0.05, 0) is 42.7 Å². The average Bonchev–Trinajstić information content (AvgIpc) is 2.60. The fraction of sp³-hybridized carbons (Fsp3) is 0.294. The van der Waals surface area contributed by atoms with Crippen molar-refractivity contribution in [1.82, 2.24) is 10.0 Å². The number of rotatable bonds is 6. The molecule has 146 valence electrons. The van der Waals surface area contributed by atoms with Gasteiger partial charge in [0.2, 0.25) is 0 Å². The lowest BCUT2D eigenvalue weighted by Crippen LogP contribution is -2.49. The summed E-state index contributed by atoms with van der Waals surface area (Å²) in [5.41, 5.74) is 1.98. The second-order valence-electron chi connectivity index (χ2n) is 6.27. The number of amides is 1. The Morgan fingerprint density at radius 2 is 1.93 bits per heavy atom. The number of nitrogens with zero attached hydrogens (tertiary/aromatic N) is 1. The highest BCUT2D eigenvalue weighted by molar-refractivity contribution is 7.92. The van der Waals surface area contributed by atoms with Crippen LogP contribution in [0.25, 0.3) is 11.1 Å². The van der Waals surface area contributed by atoms with Crippen LogP contribution in [-0.4, -0.2) is 35.1 Å². The van der Waals surface area contributed by atoms with Gasteiger partial charge in [-0.25, -0.2) is 18.3 Å². The van der Waals surface area contributed by atoms with Crippen molar-refractivity contribution >= 4 is 27.3 Å². The third-order valence-electron chi connectivity index (χ3n) is 4.48. The predicted molar refractivity (Wildman–Crippen MR) is 98.9 cm³/mol. The summed E-state index contributed by atoms with van der Waals surface area (Å²) in [5.74, 6) is -1.65. The molecule has 0 spiro atoms. The van der Waals surface area contributed by atoms with E-state index in [1.807, 2.05) is 0 Å². The van der Waals surface area contributed by atoms with Crippen LogP contribution in [0.5, 0.6) is 0 Å². The molecule has 0 aliphatic rings. The van der Waals surface area contributed by atoms with E-state index in [-0.39, 0.29) is 18.0 Å². The highest BCUT2D eigenvalue weighted by Gasteiger charge is 2.43. The lowest BCUT2D eigenvalue weighted by Gasteiger charge is -2.25. The van der Waals surface area contributed by atoms with Gasteiger partial charge in [0.1, 0.15) is 5.82 Å². The number of hydrogen-bond acceptors (Lipinski definition) is 5. The van der Waals surface area contributed by atoms with Crippen LogP contribution in [0.3, 0.4) is 0 Å². The second-order valence-corrected chi connectivity index (χ2v) is 9.12. The van der Waals surface area contributed by atoms with Crippen molar-refractivity contribution in [2.45, 2.75) is 24.6 Å². The molecule has 0 bridgehead atoms. The number of aromatic nitrogens is 1. The molecule has 7 nitrogen and oxygen atoms in total. The predicted octanol–water partition coefficient (Wildman–Crippen LogP) is 2.01. The maximum atomic E-state index is 13.3. The Kier molecular flexibility index (Phi) is 6.08. The zero-order chi connectivity index (χ0) is 20.4. The number of pyridine rings is 1. The van der Waals surface area contributed by atoms with Gasteiger partial charge in [0, 0.05) is 25.1 Å². The van der Waals surface area contributed by atoms with Crippen molar-refractivity contribution in [2.75, 3.05) is 6.26 Å². The van der Waals surface area contributed by atoms with E-state index < -0.39 is 31.9 Å². The molecule has 2 rings (SSSR count). The molecule has 0 saturated carbocycles. The first-order valence-electron chi connectivity index (χ1n) is 7.79. The molecule has 0 radical (unpaired) electrons. The Hall–Kier alpha value is -2.23. The van der Waals surface area contributed by atoms with Crippen LogP contribution in [-0.2, 0) is 21.2 Å². The number of aryl methyl sites for hydroxylation is 1. The Bertz CT molecular complexity index is 1040. The SMILES string of the molecule is CC(CCn1ccc(-c2ccc(F)c(Cl)c2)cc1=O)(C(=O)NO)S(C)(=O)=O. The number of sulfone groups is 1. The number of carbonyl (C=O) groups excluding carboxylic acids is 1. The summed E-state index contributed by atoms with van der Waals surface area (Å²) in [7, 11) is -3.86. The topological polar surface area (TPSA) is 105 Å². The third-order valence-corrected chi connectivity index (χ3v) is 6.79. The van der Waals surface area contributed by atoms with Crippen LogP contribution in [0.2, 0.25) is 5.02 Å². The number of halogens is 2. The van der Waals surface area contributed by atoms with Crippen molar-refractivity contribution in [2.24, 2.45) is 0 Å². The molecule has 0 saturated heterocycles. The van der Waals surface area contributed by atoms with Gasteiger partial charge in [-0.3, -0.25) is 14.8 Å². The molecular formula is C17H18ClFN2O5S. The van der Waals surface area contributed by atoms with Gasteiger partial charge in [0.15, 0.2) is 14.6 Å². The molecule has 2 N–H and O–H groups in total. The quantitative estimate of drug-likeness (QED) is 0.553. The van der Waals surface area contributed by atoms with E-state index in [0.29, 0.717) is 11.1 Å². The average molecular weight is 417 g/mol. The fourth-order valence-corrected chi connectivity index (χ4v) is 3.49. The number of nitrogens with one attached hydrogen (secondary N) is 1. The Balaban J connectivity index is 2.29. The summed E-state index contributed by atoms with van der Waals surface area (Å²) < 4.78 is 36.5. The van der Waals surface area contributed by atoms with Gasteiger partial charge in [-0.1, -0.05) is 17.7 Å². The summed E-state index contributed by atoms with van der Waals surface area (Å²) in [6, 6.07) is 6.95. The molecule has 0 aliphatic carbocycles. The molecule has 10 heteroatoms. The van der Waals surface area contributed by atoms with E-state index in [1.54, 1.807) is 6.07 Å². The summed E-state index contributed by atoms with van der Waals surface area (Å²) >= 11 is 5.75. The lowest BCUT2D eigenvalue weighted by molar-refractivity contribution is -0.131. The Morgan fingerprint density at radius 3 is 2.44 bits per heavy atom. The van der Waals surface area contributed by atoms with Crippen LogP contribution in [0.4, 0.5) is 4.39 Å². The minimum absolute atomic E-state index is 0.0692. The number of benzene rings is 1. The molecule has 2 aromatic rings. The van der Waals surface area contributed by atoms with Gasteiger partial charge in [-0.15, -0.1) is 0 Å². The first kappa shape index (κ1) is 21.1. The molecule has 1 atom stereocenters. The zero-order valence-electron chi connectivity index (χ0n) is 14.6. The summed E-state index contributed by atoms with van der Waals surface area (Å²) in [5, 5.41) is 8.75. The molecule has 1 aromatic carbocycles. The first-order valence-corrected chi connectivity index (χ1v) is 10.1. The lowest BCUT2D eigenvalue weighted by atomic mass is 10.1. The second kappa shape index (κ2) is 7.79. The molecule has 1 heterocycles. The summed E-state index contributed by atoms with van der Waals surface area (Å²) in [6.07, 6.45) is 2.10. The Morgan fingerprint density at radius 1 is 1.30 bits per heavy atom. The standard InChI is InChI=1S/C17H18ClFN2O5S/c1-17(16(23)20-24,27(2,25)26)6-8-21-7-5-12(10-15(21)22)11-3-4-14(19)13(18)9-11/h3-5,7,9-10,24H,6,8H2,1-2H3,(H,20,23). The van der Waals surface area contributed by atoms with Gasteiger partial charge < -0.3 is 4.57 Å². The smallest absolute Gasteiger partial charge is 0.264 e. The van der Waals surface area contributed by atoms with Crippen molar-refractivity contribution < 1.29 is 22.8 Å². The van der Waals surface area contributed by atoms with Crippen molar-refractivity contribution in [3.05, 3.63) is 57.7 Å². The van der Waals surface area contributed by atoms with Crippen molar-refractivity contribution in [3.8, 4) is 11.1 Å². The van der Waals surface area contributed by atoms with E-state index in [2.05, 4.69) is 0 Å². The van der Waals surface area contributed by atoms with Crippen LogP contribution < -0.4 is 11.0 Å². The Labute approximate surface area is 160 Å². The van der Waals surface area contributed by atoms with E-state index in [4.69, 9.17) is 16.8 Å². The number of hydroxylamine groups is 1. The van der Waals surface area contributed by atoms with Gasteiger partial charge >= 0.3 is 0 Å². The third kappa shape index (κ3) is 4.37. The fourth-order valence-electron chi connectivity index (χ4n) is 2.47. The normalized spacial score (nSPS) is 13.8. The molecular weight excluding hydrogens is 399 g/mol. The minimum Gasteiger partial charge on any atom is -0.315 e. The van der Waals surface area contributed by atoms with Crippen LogP contribution in [0.1, 0.15) is 13.3 Å². The number of hydrogen-bond donors (Lipinski definition) is 2. The first-order chi connectivity index (χ1) is 12.5. The van der Waals surface area contributed by atoms with Gasteiger partial charge in [-0.2, -0.15) is 0 Å². The van der Waals surface area contributed by atoms with Gasteiger partial charge in [0.25, 0.3) is 11.5 Å².